The zero-order chi connectivity index (χ0) is 9.10. The van der Waals surface area contributed by atoms with E-state index in [9.17, 15) is 0 Å². The highest BCUT2D eigenvalue weighted by Crippen LogP contribution is 2.13. The minimum Gasteiger partial charge on any atom is -0.388 e. The highest BCUT2D eigenvalue weighted by Gasteiger charge is 2.19. The normalized spacial score (nSPS) is 20.2. The van der Waals surface area contributed by atoms with Crippen molar-refractivity contribution in [3.05, 3.63) is 11.6 Å². The lowest BCUT2D eigenvalue weighted by atomic mass is 10.3. The highest BCUT2D eigenvalue weighted by molar-refractivity contribution is 5.85. The van der Waals surface area contributed by atoms with Gasteiger partial charge in [0.1, 0.15) is 18.5 Å². The Bertz CT molecular complexity index is 278. The number of ether oxygens (including phenoxy) is 1. The number of H-pyrrole nitrogens is 1. The zero-order valence-corrected chi connectivity index (χ0v) is 9.61. The molecule has 0 aromatic carbocycles. The van der Waals surface area contributed by atoms with Gasteiger partial charge in [0, 0.05) is 13.1 Å². The number of hydrogen-bond acceptors (Lipinski definition) is 5. The largest absolute Gasteiger partial charge is 0.388 e. The first kappa shape index (κ1) is 14.6. The number of halogens is 2. The van der Waals surface area contributed by atoms with Gasteiger partial charge in [-0.3, -0.25) is 5.10 Å². The fourth-order valence-corrected chi connectivity index (χ4v) is 1.26. The fourth-order valence-electron chi connectivity index (χ4n) is 1.26. The third-order valence-corrected chi connectivity index (χ3v) is 1.91. The van der Waals surface area contributed by atoms with E-state index in [0.717, 1.165) is 13.1 Å². The Morgan fingerprint density at radius 3 is 2.80 bits per heavy atom. The maximum Gasteiger partial charge on any atom is 0.180 e. The summed E-state index contributed by atoms with van der Waals surface area (Å²) in [6, 6.07) is 0. The monoisotopic (exact) mass is 256 g/mol. The van der Waals surface area contributed by atoms with E-state index in [1.165, 1.54) is 0 Å². The number of nitrogens with one attached hydrogen (secondary N) is 2. The third-order valence-electron chi connectivity index (χ3n) is 1.91. The molecule has 0 spiro atoms. The van der Waals surface area contributed by atoms with Gasteiger partial charge in [0.15, 0.2) is 5.82 Å². The molecule has 1 aliphatic rings. The van der Waals surface area contributed by atoms with Crippen LogP contribution in [0.4, 0.5) is 0 Å². The summed E-state index contributed by atoms with van der Waals surface area (Å²) in [7, 11) is 0. The van der Waals surface area contributed by atoms with Crippen LogP contribution in [-0.2, 0) is 11.3 Å². The zero-order valence-electron chi connectivity index (χ0n) is 7.97. The number of aromatic nitrogens is 3. The Morgan fingerprint density at radius 2 is 2.27 bits per heavy atom. The van der Waals surface area contributed by atoms with Crippen molar-refractivity contribution >= 4 is 24.8 Å². The van der Waals surface area contributed by atoms with Crippen LogP contribution >= 0.6 is 24.8 Å². The molecule has 3 N–H and O–H groups in total. The van der Waals surface area contributed by atoms with Gasteiger partial charge in [-0.05, 0) is 0 Å². The van der Waals surface area contributed by atoms with Crippen molar-refractivity contribution in [2.75, 3.05) is 19.7 Å². The van der Waals surface area contributed by atoms with E-state index >= 15 is 0 Å². The first-order chi connectivity index (χ1) is 6.40. The minimum atomic E-state index is -0.118. The Kier molecular flexibility index (Phi) is 6.78. The second-order valence-electron chi connectivity index (χ2n) is 2.86. The Labute approximate surface area is 99.6 Å². The molecule has 1 saturated heterocycles. The number of hydrogen-bond donors (Lipinski definition) is 3. The number of rotatable bonds is 2. The third kappa shape index (κ3) is 3.58. The molecule has 6 nitrogen and oxygen atoms in total. The second-order valence-corrected chi connectivity index (χ2v) is 2.86. The molecule has 0 aliphatic carbocycles. The average molecular weight is 257 g/mol. The van der Waals surface area contributed by atoms with Gasteiger partial charge in [0.2, 0.25) is 0 Å². The van der Waals surface area contributed by atoms with Crippen LogP contribution in [0.1, 0.15) is 17.8 Å². The van der Waals surface area contributed by atoms with Crippen LogP contribution in [0.25, 0.3) is 0 Å². The molecule has 1 aliphatic heterocycles. The van der Waals surface area contributed by atoms with Crippen LogP contribution < -0.4 is 5.32 Å². The Balaban J connectivity index is 0.000000980. The summed E-state index contributed by atoms with van der Waals surface area (Å²) in [6.45, 7) is 2.15. The molecule has 8 heteroatoms. The van der Waals surface area contributed by atoms with Crippen LogP contribution in [0.5, 0.6) is 0 Å². The molecule has 2 rings (SSSR count). The van der Waals surface area contributed by atoms with Gasteiger partial charge in [0.05, 0.1) is 6.61 Å². The summed E-state index contributed by atoms with van der Waals surface area (Å²) < 4.78 is 5.43. The summed E-state index contributed by atoms with van der Waals surface area (Å²) >= 11 is 0. The number of morpholine rings is 1. The Hall–Kier alpha value is -0.400. The molecule has 88 valence electrons. The SMILES string of the molecule is Cl.Cl.OCc1nc(C2CNCCO2)n[nH]1. The second kappa shape index (κ2) is 6.97. The smallest absolute Gasteiger partial charge is 0.180 e. The standard InChI is InChI=1S/C7H12N4O2.2ClH/c12-4-6-9-7(11-10-6)5-3-8-1-2-13-5;;/h5,8,12H,1-4H2,(H,9,10,11);2*1H. The number of aliphatic hydroxyl groups excluding tert-OH is 1. The van der Waals surface area contributed by atoms with Crippen molar-refractivity contribution in [2.45, 2.75) is 12.7 Å². The molecule has 1 aromatic rings. The summed E-state index contributed by atoms with van der Waals surface area (Å²) in [5.41, 5.74) is 0. The number of aliphatic hydroxyl groups is 1. The Morgan fingerprint density at radius 1 is 1.47 bits per heavy atom. The van der Waals surface area contributed by atoms with E-state index in [2.05, 4.69) is 20.5 Å². The molecule has 0 bridgehead atoms. The van der Waals surface area contributed by atoms with Crippen LogP contribution in [0.3, 0.4) is 0 Å². The van der Waals surface area contributed by atoms with E-state index in [1.807, 2.05) is 0 Å². The van der Waals surface area contributed by atoms with Gasteiger partial charge in [-0.1, -0.05) is 0 Å². The number of nitrogens with zero attached hydrogens (tertiary/aromatic N) is 2. The summed E-state index contributed by atoms with van der Waals surface area (Å²) in [6.07, 6.45) is -0.0923. The molecule has 15 heavy (non-hydrogen) atoms. The molecule has 1 fully saturated rings. The van der Waals surface area contributed by atoms with Crippen LogP contribution in [0, 0.1) is 0 Å². The van der Waals surface area contributed by atoms with E-state index in [1.54, 1.807) is 0 Å². The van der Waals surface area contributed by atoms with Crippen LogP contribution in [0.2, 0.25) is 0 Å². The van der Waals surface area contributed by atoms with Gasteiger partial charge in [-0.25, -0.2) is 4.98 Å². The maximum atomic E-state index is 8.76. The van der Waals surface area contributed by atoms with Gasteiger partial charge in [-0.15, -0.1) is 24.8 Å². The molecule has 0 radical (unpaired) electrons. The van der Waals surface area contributed by atoms with Crippen molar-refractivity contribution < 1.29 is 9.84 Å². The molecular formula is C7H14Cl2N4O2. The predicted octanol–water partition coefficient (Wildman–Crippen LogP) is -0.199. The van der Waals surface area contributed by atoms with E-state index < -0.39 is 0 Å². The lowest BCUT2D eigenvalue weighted by Crippen LogP contribution is -2.33. The summed E-state index contributed by atoms with van der Waals surface area (Å²) in [5, 5.41) is 18.5. The van der Waals surface area contributed by atoms with Gasteiger partial charge in [-0.2, -0.15) is 5.10 Å². The van der Waals surface area contributed by atoms with Crippen LogP contribution in [-0.4, -0.2) is 40.0 Å². The van der Waals surface area contributed by atoms with E-state index in [4.69, 9.17) is 9.84 Å². The maximum absolute atomic E-state index is 8.76. The number of aromatic amines is 1. The minimum absolute atomic E-state index is 0. The van der Waals surface area contributed by atoms with Crippen molar-refractivity contribution in [3.8, 4) is 0 Å². The first-order valence-electron chi connectivity index (χ1n) is 4.24. The fraction of sp³-hybridized carbons (Fsp3) is 0.714. The molecule has 0 amide bonds. The van der Waals surface area contributed by atoms with Crippen molar-refractivity contribution in [2.24, 2.45) is 0 Å². The molecule has 1 atom stereocenters. The molecule has 1 aromatic heterocycles. The molecule has 1 unspecified atom stereocenters. The molecular weight excluding hydrogens is 243 g/mol. The van der Waals surface area contributed by atoms with Crippen molar-refractivity contribution in [1.82, 2.24) is 20.5 Å². The molecule has 0 saturated carbocycles. The predicted molar refractivity (Wildman–Crippen MR) is 58.4 cm³/mol. The van der Waals surface area contributed by atoms with E-state index in [0.29, 0.717) is 18.3 Å². The lowest BCUT2D eigenvalue weighted by molar-refractivity contribution is 0.0223. The highest BCUT2D eigenvalue weighted by atomic mass is 35.5. The van der Waals surface area contributed by atoms with Crippen molar-refractivity contribution in [3.63, 3.8) is 0 Å². The van der Waals surface area contributed by atoms with Gasteiger partial charge < -0.3 is 15.2 Å². The van der Waals surface area contributed by atoms with Crippen molar-refractivity contribution in [1.29, 1.82) is 0 Å². The topological polar surface area (TPSA) is 83.1 Å². The summed E-state index contributed by atoms with van der Waals surface area (Å²) in [4.78, 5) is 4.07. The summed E-state index contributed by atoms with van der Waals surface area (Å²) in [5.74, 6) is 1.08. The molecule has 2 heterocycles. The first-order valence-corrected chi connectivity index (χ1v) is 4.24. The van der Waals surface area contributed by atoms with Gasteiger partial charge >= 0.3 is 0 Å². The van der Waals surface area contributed by atoms with E-state index in [-0.39, 0.29) is 37.5 Å². The van der Waals surface area contributed by atoms with Crippen LogP contribution in [0.15, 0.2) is 0 Å². The quantitative estimate of drug-likeness (QED) is 0.683. The average Bonchev–Trinajstić information content (AvgIpc) is 2.67. The lowest BCUT2D eigenvalue weighted by Gasteiger charge is -2.20. The van der Waals surface area contributed by atoms with Gasteiger partial charge in [0.25, 0.3) is 0 Å².